The van der Waals surface area contributed by atoms with Crippen molar-refractivity contribution in [2.75, 3.05) is 39.8 Å². The first kappa shape index (κ1) is 29.9. The second-order valence-electron chi connectivity index (χ2n) is 11.9. The molecule has 3 fully saturated rings. The van der Waals surface area contributed by atoms with Crippen LogP contribution in [-0.4, -0.2) is 99.2 Å². The molecule has 7 rings (SSSR count). The summed E-state index contributed by atoms with van der Waals surface area (Å²) < 4.78 is 20.9. The number of carbonyl (C=O) groups excluding carboxylic acids is 2. The third-order valence-electron chi connectivity index (χ3n) is 9.24. The highest BCUT2D eigenvalue weighted by molar-refractivity contribution is 7.11. The van der Waals surface area contributed by atoms with Crippen molar-refractivity contribution in [3.63, 3.8) is 0 Å². The average molecular weight is 653 g/mol. The molecule has 1 aromatic carbocycles. The fraction of sp³-hybridized carbons (Fsp3) is 0.452. The van der Waals surface area contributed by atoms with Crippen LogP contribution in [0.5, 0.6) is 0 Å². The van der Waals surface area contributed by atoms with Gasteiger partial charge in [0.1, 0.15) is 11.9 Å². The monoisotopic (exact) mass is 652 g/mol. The lowest BCUT2D eigenvalue weighted by molar-refractivity contribution is -0.146. The topological polar surface area (TPSA) is 108 Å². The molecule has 5 heterocycles. The van der Waals surface area contributed by atoms with Gasteiger partial charge in [0.15, 0.2) is 10.8 Å². The van der Waals surface area contributed by atoms with E-state index in [2.05, 4.69) is 15.2 Å². The molecule has 3 aliphatic heterocycles. The van der Waals surface area contributed by atoms with Crippen molar-refractivity contribution >= 4 is 46.3 Å². The summed E-state index contributed by atoms with van der Waals surface area (Å²) >= 11 is 8.12. The maximum atomic E-state index is 14.1. The molecule has 2 saturated heterocycles. The van der Waals surface area contributed by atoms with E-state index in [0.717, 1.165) is 41.2 Å². The van der Waals surface area contributed by atoms with Crippen LogP contribution < -0.4 is 5.32 Å². The number of aromatic nitrogens is 3. The van der Waals surface area contributed by atoms with Crippen molar-refractivity contribution in [1.82, 2.24) is 34.8 Å². The number of methoxy groups -OCH3 is 1. The van der Waals surface area contributed by atoms with E-state index in [9.17, 15) is 14.0 Å². The number of thiazole rings is 1. The number of nitrogens with zero attached hydrogens (tertiary/aromatic N) is 7. The number of rotatable bonds is 7. The van der Waals surface area contributed by atoms with Crippen LogP contribution in [0.1, 0.15) is 41.6 Å². The molecule has 1 N–H and O–H groups in total. The quantitative estimate of drug-likeness (QED) is 0.386. The van der Waals surface area contributed by atoms with Gasteiger partial charge in [-0.25, -0.2) is 14.2 Å². The normalized spacial score (nSPS) is 25.4. The zero-order chi connectivity index (χ0) is 31.2. The first-order valence-electron chi connectivity index (χ1n) is 15.1. The number of halogens is 2. The number of fused-ring (bicyclic) bond motifs is 1. The molecule has 4 aliphatic rings. The number of esters is 1. The van der Waals surface area contributed by atoms with Crippen LogP contribution in [0.2, 0.25) is 5.02 Å². The van der Waals surface area contributed by atoms with E-state index in [4.69, 9.17) is 26.4 Å². The van der Waals surface area contributed by atoms with Crippen molar-refractivity contribution in [1.29, 1.82) is 0 Å². The number of ether oxygens (including phenoxy) is 1. The highest BCUT2D eigenvalue weighted by Crippen LogP contribution is 2.41. The van der Waals surface area contributed by atoms with E-state index < -0.39 is 11.9 Å². The summed E-state index contributed by atoms with van der Waals surface area (Å²) in [6.07, 6.45) is 6.08. The average Bonchev–Trinajstić information content (AvgIpc) is 3.84. The molecule has 0 spiro atoms. The predicted molar refractivity (Wildman–Crippen MR) is 168 cm³/mol. The minimum Gasteiger partial charge on any atom is -0.469 e. The number of amidine groups is 1. The lowest BCUT2D eigenvalue weighted by Crippen LogP contribution is -2.53. The fourth-order valence-electron chi connectivity index (χ4n) is 7.16. The van der Waals surface area contributed by atoms with Crippen LogP contribution in [0.15, 0.2) is 52.7 Å². The van der Waals surface area contributed by atoms with Crippen molar-refractivity contribution in [3.05, 3.63) is 74.8 Å². The van der Waals surface area contributed by atoms with Gasteiger partial charge in [0, 0.05) is 85.4 Å². The van der Waals surface area contributed by atoms with Crippen LogP contribution in [-0.2, 0) is 16.6 Å². The number of urea groups is 1. The molecular formula is C31H34ClFN8O3S. The van der Waals surface area contributed by atoms with E-state index in [0.29, 0.717) is 44.1 Å². The number of benzene rings is 1. The molecule has 236 valence electrons. The number of amides is 2. The molecule has 3 aromatic rings. The van der Waals surface area contributed by atoms with Crippen LogP contribution in [0.3, 0.4) is 0 Å². The molecule has 11 nitrogen and oxygen atoms in total. The summed E-state index contributed by atoms with van der Waals surface area (Å²) in [6, 6.07) is 5.66. The Morgan fingerprint density at radius 1 is 1.20 bits per heavy atom. The van der Waals surface area contributed by atoms with Crippen molar-refractivity contribution in [2.24, 2.45) is 18.0 Å². The number of nitrogens with one attached hydrogen (secondary N) is 1. The number of piperazine rings is 1. The minimum absolute atomic E-state index is 0.00192. The van der Waals surface area contributed by atoms with Crippen LogP contribution >= 0.6 is 22.9 Å². The fourth-order valence-corrected chi connectivity index (χ4v) is 8.02. The van der Waals surface area contributed by atoms with E-state index in [1.165, 1.54) is 30.6 Å². The van der Waals surface area contributed by atoms with Gasteiger partial charge < -0.3 is 19.9 Å². The molecule has 4 atom stereocenters. The van der Waals surface area contributed by atoms with Gasteiger partial charge in [0.05, 0.1) is 24.8 Å². The summed E-state index contributed by atoms with van der Waals surface area (Å²) in [5, 5.41) is 11.2. The summed E-state index contributed by atoms with van der Waals surface area (Å²) in [4.78, 5) is 41.8. The molecule has 0 radical (unpaired) electrons. The summed E-state index contributed by atoms with van der Waals surface area (Å²) in [5.41, 5.74) is 3.16. The van der Waals surface area contributed by atoms with Gasteiger partial charge in [0.2, 0.25) is 0 Å². The zero-order valence-electron chi connectivity index (χ0n) is 25.0. The lowest BCUT2D eigenvalue weighted by Gasteiger charge is -2.38. The third-order valence-corrected chi connectivity index (χ3v) is 10.3. The van der Waals surface area contributed by atoms with E-state index in [1.807, 2.05) is 34.5 Å². The summed E-state index contributed by atoms with van der Waals surface area (Å²) in [6.45, 7) is 3.05. The van der Waals surface area contributed by atoms with Crippen molar-refractivity contribution < 1.29 is 18.7 Å². The number of aryl methyl sites for hydroxylation is 1. The molecule has 2 aromatic heterocycles. The Kier molecular flexibility index (Phi) is 8.09. The highest BCUT2D eigenvalue weighted by atomic mass is 35.5. The largest absolute Gasteiger partial charge is 0.469 e. The lowest BCUT2D eigenvalue weighted by atomic mass is 9.92. The summed E-state index contributed by atoms with van der Waals surface area (Å²) in [5.74, 6) is -0.310. The van der Waals surface area contributed by atoms with Crippen LogP contribution in [0, 0.1) is 11.7 Å². The maximum Gasteiger partial charge on any atom is 0.320 e. The third kappa shape index (κ3) is 5.61. The van der Waals surface area contributed by atoms with Crippen molar-refractivity contribution in [2.45, 2.75) is 37.4 Å². The van der Waals surface area contributed by atoms with Crippen molar-refractivity contribution in [3.8, 4) is 0 Å². The number of aliphatic imine (C=N–C) groups is 1. The minimum atomic E-state index is -0.550. The van der Waals surface area contributed by atoms with Crippen LogP contribution in [0.25, 0.3) is 5.57 Å². The molecule has 1 aliphatic carbocycles. The Balaban J connectivity index is 1.20. The Hall–Kier alpha value is -3.81. The molecule has 0 bridgehead atoms. The van der Waals surface area contributed by atoms with Gasteiger partial charge in [-0.3, -0.25) is 19.4 Å². The number of hydrogen-bond donors (Lipinski definition) is 1. The second-order valence-corrected chi connectivity index (χ2v) is 13.2. The maximum absolute atomic E-state index is 14.1. The molecule has 14 heteroatoms. The smallest absolute Gasteiger partial charge is 0.320 e. The van der Waals surface area contributed by atoms with Gasteiger partial charge in [-0.1, -0.05) is 24.1 Å². The first-order valence-corrected chi connectivity index (χ1v) is 16.4. The molecule has 0 unspecified atom stereocenters. The molecule has 2 amide bonds. The zero-order valence-corrected chi connectivity index (χ0v) is 26.6. The van der Waals surface area contributed by atoms with Crippen LogP contribution in [0.4, 0.5) is 9.18 Å². The SMILES string of the molecule is COC(=O)[C@@H]1CCC[C@H]1N1C[C@@H]2CN(CC3=C(c4ccn(C)n4)[C@H](c4ccc(F)cc4Cl)N=C(c4nccs4)N3)CCN2C1=O. The Morgan fingerprint density at radius 3 is 2.80 bits per heavy atom. The Labute approximate surface area is 269 Å². The number of hydrogen-bond acceptors (Lipinski definition) is 9. The van der Waals surface area contributed by atoms with E-state index in [-0.39, 0.29) is 35.0 Å². The number of carbonyl (C=O) groups is 2. The van der Waals surface area contributed by atoms with Gasteiger partial charge >= 0.3 is 12.0 Å². The summed E-state index contributed by atoms with van der Waals surface area (Å²) in [7, 11) is 3.28. The van der Waals surface area contributed by atoms with Gasteiger partial charge in [0.25, 0.3) is 0 Å². The second kappa shape index (κ2) is 12.2. The van der Waals surface area contributed by atoms with Gasteiger partial charge in [-0.05, 0) is 31.0 Å². The standard InChI is InChI=1S/C31H34ClFN8O3S/c1-38-10-8-23(37-38)26-24(35-28(29-34-9-13-45-29)36-27(26)20-7-6-18(33)14-22(20)32)17-39-11-12-40-19(15-39)16-41(31(40)43)25-5-3-4-21(25)30(42)44-2/h6-10,13-14,19,21,25,27H,3-5,11-12,15-17H2,1-2H3,(H,35,36)/t19-,21+,25+,27-/m0/s1. The van der Waals surface area contributed by atoms with Gasteiger partial charge in [-0.2, -0.15) is 5.10 Å². The molecular weight excluding hydrogens is 619 g/mol. The molecule has 1 saturated carbocycles. The van der Waals surface area contributed by atoms with E-state index in [1.54, 1.807) is 16.9 Å². The van der Waals surface area contributed by atoms with Gasteiger partial charge in [-0.15, -0.1) is 11.3 Å². The highest BCUT2D eigenvalue weighted by Gasteiger charge is 2.48. The predicted octanol–water partition coefficient (Wildman–Crippen LogP) is 3.94. The Morgan fingerprint density at radius 2 is 2.07 bits per heavy atom. The molecule has 45 heavy (non-hydrogen) atoms. The van der Waals surface area contributed by atoms with E-state index >= 15 is 0 Å². The Bertz CT molecular complexity index is 1680. The first-order chi connectivity index (χ1) is 21.8.